The summed E-state index contributed by atoms with van der Waals surface area (Å²) in [6, 6.07) is 12.9. The number of halogens is 1. The van der Waals surface area contributed by atoms with Gasteiger partial charge in [0.1, 0.15) is 17.9 Å². The first-order chi connectivity index (χ1) is 25.2. The number of methoxy groups -OCH3 is 1. The van der Waals surface area contributed by atoms with Crippen molar-refractivity contribution in [3.63, 3.8) is 0 Å². The number of hydrogen-bond donors (Lipinski definition) is 4. The molecule has 1 heterocycles. The van der Waals surface area contributed by atoms with Crippen molar-refractivity contribution in [1.29, 1.82) is 0 Å². The van der Waals surface area contributed by atoms with E-state index in [9.17, 15) is 19.8 Å². The molecule has 10 nitrogen and oxygen atoms in total. The number of aliphatic hydroxyl groups excluding tert-OH is 2. The number of carbonyl (C=O) groups is 2. The predicted octanol–water partition coefficient (Wildman–Crippen LogP) is 5.23. The Hall–Kier alpha value is -3.41. The van der Waals surface area contributed by atoms with Crippen molar-refractivity contribution in [2.75, 3.05) is 34.4 Å². The Morgan fingerprint density at radius 1 is 1.17 bits per heavy atom. The number of aliphatic hydroxyl groups is 2. The molecule has 4 N–H and O–H groups in total. The van der Waals surface area contributed by atoms with Crippen LogP contribution in [-0.4, -0.2) is 90.6 Å². The second kappa shape index (κ2) is 16.1. The zero-order chi connectivity index (χ0) is 38.2. The van der Waals surface area contributed by atoms with Crippen molar-refractivity contribution in [3.8, 4) is 5.75 Å². The van der Waals surface area contributed by atoms with Crippen LogP contribution < -0.4 is 15.4 Å². The van der Waals surface area contributed by atoms with E-state index in [1.54, 1.807) is 25.2 Å². The summed E-state index contributed by atoms with van der Waals surface area (Å²) in [5.41, 5.74) is 4.47. The lowest BCUT2D eigenvalue weighted by molar-refractivity contribution is -0.183. The molecule has 0 radical (unpaired) electrons. The summed E-state index contributed by atoms with van der Waals surface area (Å²) in [6.45, 7) is 8.80. The van der Waals surface area contributed by atoms with Crippen LogP contribution in [0.25, 0.3) is 0 Å². The van der Waals surface area contributed by atoms with Crippen molar-refractivity contribution >= 4 is 23.4 Å². The second-order valence-electron chi connectivity index (χ2n) is 16.4. The molecule has 2 aromatic rings. The summed E-state index contributed by atoms with van der Waals surface area (Å²) >= 11 is 6.83. The molecule has 4 fully saturated rings. The number of fused-ring (bicyclic) bond motifs is 2. The first-order valence-corrected chi connectivity index (χ1v) is 19.4. The Labute approximate surface area is 319 Å². The number of carbonyl (C=O) groups excluding carboxylic acids is 2. The van der Waals surface area contributed by atoms with Crippen LogP contribution in [0.15, 0.2) is 65.9 Å². The Bertz CT molecular complexity index is 1710. The van der Waals surface area contributed by atoms with Gasteiger partial charge in [-0.2, -0.15) is 5.06 Å². The average molecular weight is 749 g/mol. The maximum atomic E-state index is 14.3. The van der Waals surface area contributed by atoms with Crippen molar-refractivity contribution in [2.24, 2.45) is 29.1 Å². The van der Waals surface area contributed by atoms with Gasteiger partial charge >= 0.3 is 0 Å². The highest BCUT2D eigenvalue weighted by molar-refractivity contribution is 6.30. The van der Waals surface area contributed by atoms with E-state index in [1.165, 1.54) is 6.42 Å². The summed E-state index contributed by atoms with van der Waals surface area (Å²) < 4.78 is 6.09. The predicted molar refractivity (Wildman–Crippen MR) is 206 cm³/mol. The number of hydroxylamine groups is 2. The lowest BCUT2D eigenvalue weighted by Gasteiger charge is -2.62. The molecule has 5 aliphatic rings. The molecule has 3 saturated carbocycles. The fourth-order valence-electron chi connectivity index (χ4n) is 9.47. The summed E-state index contributed by atoms with van der Waals surface area (Å²) in [5.74, 6) is 0.738. The number of amides is 2. The third kappa shape index (κ3) is 8.03. The molecule has 2 bridgehead atoms. The molecule has 4 aliphatic carbocycles. The number of nitrogens with zero attached hydrogens (tertiary/aromatic N) is 2. The molecule has 2 aromatic carbocycles. The number of rotatable bonds is 13. The van der Waals surface area contributed by atoms with E-state index in [0.29, 0.717) is 52.6 Å². The molecule has 1 saturated heterocycles. The molecule has 9 atom stereocenters. The molecule has 2 unspecified atom stereocenters. The van der Waals surface area contributed by atoms with Crippen molar-refractivity contribution < 1.29 is 29.4 Å². The molecule has 0 spiro atoms. The summed E-state index contributed by atoms with van der Waals surface area (Å²) in [5, 5.41) is 29.8. The quantitative estimate of drug-likeness (QED) is 0.220. The largest absolute Gasteiger partial charge is 0.496 e. The smallest absolute Gasteiger partial charge is 0.251 e. The lowest BCUT2D eigenvalue weighted by atomic mass is 9.45. The van der Waals surface area contributed by atoms with Gasteiger partial charge in [0.15, 0.2) is 0 Å². The molecular weight excluding hydrogens is 692 g/mol. The fraction of sp³-hybridized carbons (Fsp3) is 0.571. The van der Waals surface area contributed by atoms with Crippen molar-refractivity contribution in [2.45, 2.75) is 90.1 Å². The summed E-state index contributed by atoms with van der Waals surface area (Å²) in [7, 11) is 5.53. The molecule has 0 aromatic heterocycles. The van der Waals surface area contributed by atoms with Gasteiger partial charge in [-0.05, 0) is 79.5 Å². The van der Waals surface area contributed by atoms with Gasteiger partial charge < -0.3 is 30.5 Å². The Morgan fingerprint density at radius 3 is 2.53 bits per heavy atom. The Morgan fingerprint density at radius 2 is 1.91 bits per heavy atom. The van der Waals surface area contributed by atoms with Crippen LogP contribution in [0.5, 0.6) is 5.75 Å². The van der Waals surface area contributed by atoms with Gasteiger partial charge in [0.05, 0.1) is 26.4 Å². The topological polar surface area (TPSA) is 124 Å². The van der Waals surface area contributed by atoms with Crippen LogP contribution in [-0.2, 0) is 27.4 Å². The normalized spacial score (nSPS) is 29.7. The first-order valence-electron chi connectivity index (χ1n) is 19.0. The van der Waals surface area contributed by atoms with Gasteiger partial charge in [0.25, 0.3) is 5.91 Å². The minimum atomic E-state index is -0.915. The van der Waals surface area contributed by atoms with E-state index in [4.69, 9.17) is 21.2 Å². The van der Waals surface area contributed by atoms with E-state index in [-0.39, 0.29) is 42.3 Å². The number of hydrogen-bond acceptors (Lipinski definition) is 8. The van der Waals surface area contributed by atoms with E-state index in [1.807, 2.05) is 67.5 Å². The molecule has 7 rings (SSSR count). The highest BCUT2D eigenvalue weighted by atomic mass is 35.5. The van der Waals surface area contributed by atoms with Gasteiger partial charge in [0, 0.05) is 65.9 Å². The van der Waals surface area contributed by atoms with E-state index >= 15 is 0 Å². The number of ether oxygens (including phenoxy) is 1. The zero-order valence-electron chi connectivity index (χ0n) is 32.1. The Balaban J connectivity index is 1.26. The second-order valence-corrected chi connectivity index (χ2v) is 16.8. The van der Waals surface area contributed by atoms with Gasteiger partial charge in [0.2, 0.25) is 5.91 Å². The van der Waals surface area contributed by atoms with E-state index < -0.39 is 24.2 Å². The number of benzene rings is 2. The summed E-state index contributed by atoms with van der Waals surface area (Å²) in [6.07, 6.45) is 5.66. The van der Waals surface area contributed by atoms with Crippen LogP contribution in [0, 0.1) is 29.1 Å². The highest BCUT2D eigenvalue weighted by Gasteiger charge is 2.57. The average Bonchev–Trinajstić information content (AvgIpc) is 3.50. The maximum absolute atomic E-state index is 14.3. The molecule has 288 valence electrons. The first kappa shape index (κ1) is 39.3. The third-order valence-corrected chi connectivity index (χ3v) is 12.9. The fourth-order valence-corrected chi connectivity index (χ4v) is 9.72. The lowest BCUT2D eigenvalue weighted by Crippen LogP contribution is -2.62. The highest BCUT2D eigenvalue weighted by Crippen LogP contribution is 2.61. The van der Waals surface area contributed by atoms with E-state index in [0.717, 1.165) is 29.7 Å². The van der Waals surface area contributed by atoms with Crippen molar-refractivity contribution in [1.82, 2.24) is 20.6 Å². The Kier molecular flexibility index (Phi) is 12.0. The van der Waals surface area contributed by atoms with Gasteiger partial charge in [-0.25, -0.2) is 0 Å². The van der Waals surface area contributed by atoms with Crippen LogP contribution in [0.1, 0.15) is 69.6 Å². The monoisotopic (exact) mass is 748 g/mol. The van der Waals surface area contributed by atoms with Gasteiger partial charge in [-0.15, -0.1) is 0 Å². The van der Waals surface area contributed by atoms with Crippen LogP contribution >= 0.6 is 11.6 Å². The van der Waals surface area contributed by atoms with Crippen LogP contribution in [0.3, 0.4) is 0 Å². The standard InChI is InChI=1S/C42H57ClN4O6/c1-24-34-19-30(42(34,3)4)20-35(24)45-41(51)38-37(25(2)49)36(23-48)53-47(38)22-29-16-31(43)21-33(39(29)52-7)27-15-28(18-32(17-27)46(5)6)40(50)44-14-13-26-11-9-8-10-12-26/h8-12,15-16,18,21,24-25,27,30,34-38,48-49H,13-14,17,19-20,22-23H2,1-7H3,(H,44,50)(H,45,51)/t24-,25-,27?,30+,34-,35-,36-,37+,38?/m0/s1. The number of nitrogens with one attached hydrogen (secondary N) is 2. The van der Waals surface area contributed by atoms with E-state index in [2.05, 4.69) is 31.4 Å². The van der Waals surface area contributed by atoms with Gasteiger partial charge in [-0.3, -0.25) is 14.4 Å². The minimum absolute atomic E-state index is 0.0260. The zero-order valence-corrected chi connectivity index (χ0v) is 32.9. The molecule has 53 heavy (non-hydrogen) atoms. The minimum Gasteiger partial charge on any atom is -0.496 e. The molecule has 11 heteroatoms. The maximum Gasteiger partial charge on any atom is 0.251 e. The SMILES string of the molecule is COc1c(CN2O[C@@H](CO)[C@@H]([C@H](C)O)C2C(=O)N[C@H]2C[C@H]3C[C@@H]([C@@H]2C)C3(C)C)cc(Cl)cc1C1C=C(C(=O)NCCc2ccccc2)C=C(N(C)C)C1. The molecular formula is C42H57ClN4O6. The van der Waals surface area contributed by atoms with Crippen LogP contribution in [0.4, 0.5) is 0 Å². The summed E-state index contributed by atoms with van der Waals surface area (Å²) in [4.78, 5) is 36.1. The van der Waals surface area contributed by atoms with Crippen LogP contribution in [0.2, 0.25) is 5.02 Å². The van der Waals surface area contributed by atoms with Crippen molar-refractivity contribution in [3.05, 3.63) is 87.6 Å². The molecule has 1 aliphatic heterocycles. The number of allylic oxidation sites excluding steroid dienone is 2. The van der Waals surface area contributed by atoms with Gasteiger partial charge in [-0.1, -0.05) is 68.8 Å². The third-order valence-electron chi connectivity index (χ3n) is 12.7. The molecule has 2 amide bonds.